The van der Waals surface area contributed by atoms with E-state index in [2.05, 4.69) is 5.32 Å². The van der Waals surface area contributed by atoms with Gasteiger partial charge in [0.1, 0.15) is 12.4 Å². The van der Waals surface area contributed by atoms with Crippen molar-refractivity contribution in [2.24, 2.45) is 0 Å². The van der Waals surface area contributed by atoms with Gasteiger partial charge < -0.3 is 24.3 Å². The zero-order valence-corrected chi connectivity index (χ0v) is 21.0. The molecule has 0 fully saturated rings. The maximum absolute atomic E-state index is 13.3. The van der Waals surface area contributed by atoms with Crippen molar-refractivity contribution in [1.82, 2.24) is 19.8 Å². The van der Waals surface area contributed by atoms with Crippen molar-refractivity contribution in [2.75, 3.05) is 14.2 Å². The summed E-state index contributed by atoms with van der Waals surface area (Å²) in [5.74, 6) is 1.38. The van der Waals surface area contributed by atoms with Crippen LogP contribution < -0.4 is 14.8 Å². The lowest BCUT2D eigenvalue weighted by Gasteiger charge is -2.31. The van der Waals surface area contributed by atoms with Gasteiger partial charge in [0, 0.05) is 17.6 Å². The topological polar surface area (TPSA) is 85.7 Å². The first-order valence-electron chi connectivity index (χ1n) is 11.5. The van der Waals surface area contributed by atoms with Crippen LogP contribution in [-0.4, -0.2) is 52.6 Å². The molecule has 34 heavy (non-hydrogen) atoms. The highest BCUT2D eigenvalue weighted by molar-refractivity contribution is 5.95. The van der Waals surface area contributed by atoms with E-state index in [-0.39, 0.29) is 30.4 Å². The highest BCUT2D eigenvalue weighted by atomic mass is 16.5. The van der Waals surface area contributed by atoms with Crippen molar-refractivity contribution in [3.05, 3.63) is 53.9 Å². The number of amides is 2. The van der Waals surface area contributed by atoms with Crippen LogP contribution in [0.25, 0.3) is 11.0 Å². The second-order valence-corrected chi connectivity index (χ2v) is 8.80. The van der Waals surface area contributed by atoms with Crippen LogP contribution in [0.15, 0.2) is 42.5 Å². The number of nitrogens with zero attached hydrogens (tertiary/aromatic N) is 3. The molecule has 1 heterocycles. The number of fused-ring (bicyclic) bond motifs is 1. The molecule has 2 amide bonds. The summed E-state index contributed by atoms with van der Waals surface area (Å²) in [5.41, 5.74) is 2.07. The van der Waals surface area contributed by atoms with Gasteiger partial charge in [-0.05, 0) is 65.0 Å². The highest BCUT2D eigenvalue weighted by Crippen LogP contribution is 2.28. The maximum atomic E-state index is 13.3. The molecule has 3 aromatic rings. The predicted molar refractivity (Wildman–Crippen MR) is 132 cm³/mol. The molecule has 0 saturated carbocycles. The van der Waals surface area contributed by atoms with Gasteiger partial charge in [0.15, 0.2) is 11.5 Å². The molecule has 0 spiro atoms. The standard InChI is InChI=1S/C26H34N4O4/c1-16(2)30(17(3)4)24(31)15-29-21-11-9-8-10-20(21)28-25(29)18(5)27-26(32)19-12-13-22(33-6)23(14-19)34-7/h8-14,16-18H,15H2,1-7H3,(H,27,32). The van der Waals surface area contributed by atoms with E-state index in [0.717, 1.165) is 11.0 Å². The number of ether oxygens (including phenoxy) is 2. The molecule has 8 nitrogen and oxygen atoms in total. The van der Waals surface area contributed by atoms with Crippen molar-refractivity contribution in [3.8, 4) is 11.5 Å². The number of para-hydroxylation sites is 2. The Morgan fingerprint density at radius 3 is 2.24 bits per heavy atom. The largest absolute Gasteiger partial charge is 0.493 e. The lowest BCUT2D eigenvalue weighted by molar-refractivity contribution is -0.135. The van der Waals surface area contributed by atoms with E-state index in [9.17, 15) is 9.59 Å². The number of nitrogens with one attached hydrogen (secondary N) is 1. The molecule has 0 bridgehead atoms. The Balaban J connectivity index is 1.92. The van der Waals surface area contributed by atoms with Gasteiger partial charge in [-0.3, -0.25) is 9.59 Å². The third-order valence-corrected chi connectivity index (χ3v) is 5.76. The van der Waals surface area contributed by atoms with Crippen LogP contribution >= 0.6 is 0 Å². The third-order valence-electron chi connectivity index (χ3n) is 5.76. The molecule has 0 aliphatic carbocycles. The summed E-state index contributed by atoms with van der Waals surface area (Å²) in [5, 5.41) is 3.01. The molecule has 1 aromatic heterocycles. The molecule has 1 unspecified atom stereocenters. The molecule has 2 aromatic carbocycles. The Morgan fingerprint density at radius 1 is 0.971 bits per heavy atom. The Kier molecular flexibility index (Phi) is 7.81. The summed E-state index contributed by atoms with van der Waals surface area (Å²) >= 11 is 0. The minimum atomic E-state index is -0.438. The number of imidazole rings is 1. The van der Waals surface area contributed by atoms with Crippen LogP contribution in [0.5, 0.6) is 11.5 Å². The van der Waals surface area contributed by atoms with Crippen LogP contribution in [0.1, 0.15) is 56.8 Å². The van der Waals surface area contributed by atoms with Gasteiger partial charge in [0.2, 0.25) is 5.91 Å². The molecule has 0 aliphatic heterocycles. The number of carbonyl (C=O) groups excluding carboxylic acids is 2. The lowest BCUT2D eigenvalue weighted by Crippen LogP contribution is -2.44. The molecule has 0 saturated heterocycles. The molecule has 1 N–H and O–H groups in total. The molecule has 3 rings (SSSR count). The number of aromatic nitrogens is 2. The van der Waals surface area contributed by atoms with Crippen molar-refractivity contribution in [1.29, 1.82) is 0 Å². The zero-order valence-electron chi connectivity index (χ0n) is 21.0. The second-order valence-electron chi connectivity index (χ2n) is 8.80. The number of hydrogen-bond acceptors (Lipinski definition) is 5. The molecular weight excluding hydrogens is 432 g/mol. The summed E-state index contributed by atoms with van der Waals surface area (Å²) in [4.78, 5) is 32.9. The molecular formula is C26H34N4O4. The van der Waals surface area contributed by atoms with E-state index in [4.69, 9.17) is 14.5 Å². The Bertz CT molecular complexity index is 1160. The van der Waals surface area contributed by atoms with Crippen LogP contribution in [0.3, 0.4) is 0 Å². The molecule has 1 atom stereocenters. The predicted octanol–water partition coefficient (Wildman–Crippen LogP) is 4.19. The van der Waals surface area contributed by atoms with Crippen LogP contribution in [-0.2, 0) is 11.3 Å². The first-order valence-corrected chi connectivity index (χ1v) is 11.5. The fourth-order valence-electron chi connectivity index (χ4n) is 4.30. The van der Waals surface area contributed by atoms with Gasteiger partial charge in [-0.25, -0.2) is 4.98 Å². The summed E-state index contributed by atoms with van der Waals surface area (Å²) < 4.78 is 12.5. The number of hydrogen-bond donors (Lipinski definition) is 1. The summed E-state index contributed by atoms with van der Waals surface area (Å²) in [7, 11) is 3.07. The van der Waals surface area contributed by atoms with Gasteiger partial charge in [0.05, 0.1) is 31.3 Å². The van der Waals surface area contributed by atoms with E-state index < -0.39 is 6.04 Å². The van der Waals surface area contributed by atoms with Crippen LogP contribution in [0.4, 0.5) is 0 Å². The Morgan fingerprint density at radius 2 is 1.62 bits per heavy atom. The molecule has 182 valence electrons. The molecule has 8 heteroatoms. The van der Waals surface area contributed by atoms with E-state index in [0.29, 0.717) is 22.9 Å². The number of benzene rings is 2. The van der Waals surface area contributed by atoms with Gasteiger partial charge in [0.25, 0.3) is 5.91 Å². The monoisotopic (exact) mass is 466 g/mol. The number of methoxy groups -OCH3 is 2. The van der Waals surface area contributed by atoms with Crippen LogP contribution in [0.2, 0.25) is 0 Å². The van der Waals surface area contributed by atoms with Gasteiger partial charge >= 0.3 is 0 Å². The SMILES string of the molecule is COc1ccc(C(=O)NC(C)c2nc3ccccc3n2CC(=O)N(C(C)C)C(C)C)cc1OC. The fraction of sp³-hybridized carbons (Fsp3) is 0.423. The third kappa shape index (κ3) is 5.16. The van der Waals surface area contributed by atoms with Gasteiger partial charge in [-0.2, -0.15) is 0 Å². The maximum Gasteiger partial charge on any atom is 0.251 e. The van der Waals surface area contributed by atoms with Crippen molar-refractivity contribution < 1.29 is 19.1 Å². The summed E-state index contributed by atoms with van der Waals surface area (Å²) in [6.45, 7) is 10.0. The zero-order chi connectivity index (χ0) is 25.0. The van der Waals surface area contributed by atoms with Crippen molar-refractivity contribution in [3.63, 3.8) is 0 Å². The van der Waals surface area contributed by atoms with E-state index >= 15 is 0 Å². The summed E-state index contributed by atoms with van der Waals surface area (Å²) in [6, 6.07) is 12.4. The second kappa shape index (κ2) is 10.6. The van der Waals surface area contributed by atoms with Crippen LogP contribution in [0, 0.1) is 0 Å². The first kappa shape index (κ1) is 25.1. The van der Waals surface area contributed by atoms with Gasteiger partial charge in [-0.1, -0.05) is 12.1 Å². The van der Waals surface area contributed by atoms with E-state index in [1.165, 1.54) is 7.11 Å². The Hall–Kier alpha value is -3.55. The minimum Gasteiger partial charge on any atom is -0.493 e. The van der Waals surface area contributed by atoms with E-state index in [1.807, 2.05) is 68.4 Å². The summed E-state index contributed by atoms with van der Waals surface area (Å²) in [6.07, 6.45) is 0. The first-order chi connectivity index (χ1) is 16.2. The fourth-order valence-corrected chi connectivity index (χ4v) is 4.30. The Labute approximate surface area is 200 Å². The normalized spacial score (nSPS) is 12.1. The lowest BCUT2D eigenvalue weighted by atomic mass is 10.1. The highest BCUT2D eigenvalue weighted by Gasteiger charge is 2.25. The van der Waals surface area contributed by atoms with Gasteiger partial charge in [-0.15, -0.1) is 0 Å². The average Bonchev–Trinajstić information content (AvgIpc) is 3.16. The average molecular weight is 467 g/mol. The minimum absolute atomic E-state index is 0.00724. The number of rotatable bonds is 9. The van der Waals surface area contributed by atoms with Crippen molar-refractivity contribution >= 4 is 22.8 Å². The smallest absolute Gasteiger partial charge is 0.251 e. The van der Waals surface area contributed by atoms with Crippen molar-refractivity contribution in [2.45, 2.75) is 59.3 Å². The quantitative estimate of drug-likeness (QED) is 0.511. The molecule has 0 radical (unpaired) electrons. The molecule has 0 aliphatic rings. The number of carbonyl (C=O) groups is 2. The van der Waals surface area contributed by atoms with E-state index in [1.54, 1.807) is 25.3 Å².